The van der Waals surface area contributed by atoms with Gasteiger partial charge >= 0.3 is 24.7 Å². The Balaban J connectivity index is 4.74. The van der Waals surface area contributed by atoms with Crippen molar-refractivity contribution in [1.82, 2.24) is 0 Å². The third kappa shape index (κ3) is 4.97. The average molecular weight is 354 g/mol. The number of ketones is 1. The molecule has 0 aliphatic heterocycles. The van der Waals surface area contributed by atoms with Crippen molar-refractivity contribution in [3.63, 3.8) is 0 Å². The summed E-state index contributed by atoms with van der Waals surface area (Å²) in [5.41, 5.74) is -5.68. The van der Waals surface area contributed by atoms with Crippen LogP contribution in [-0.2, 0) is 4.79 Å². The summed E-state index contributed by atoms with van der Waals surface area (Å²) >= 11 is 0. The molecule has 0 spiro atoms. The van der Waals surface area contributed by atoms with Crippen molar-refractivity contribution in [2.75, 3.05) is 0 Å². The van der Waals surface area contributed by atoms with Crippen LogP contribution in [0.25, 0.3) is 0 Å². The number of carbonyl (C=O) groups excluding carboxylic acids is 1. The number of alkyl halides is 11. The van der Waals surface area contributed by atoms with Gasteiger partial charge in [0.1, 0.15) is 5.78 Å². The van der Waals surface area contributed by atoms with Crippen LogP contribution in [0.15, 0.2) is 0 Å². The predicted molar refractivity (Wildman–Crippen MR) is 50.4 cm³/mol. The van der Waals surface area contributed by atoms with Crippen molar-refractivity contribution in [1.29, 1.82) is 0 Å². The molecule has 132 valence electrons. The molecule has 0 bridgehead atoms. The van der Waals surface area contributed by atoms with Crippen LogP contribution in [0.5, 0.6) is 0 Å². The predicted octanol–water partition coefficient (Wildman–Crippen LogP) is 4.85. The van der Waals surface area contributed by atoms with E-state index in [1.807, 2.05) is 0 Å². The summed E-state index contributed by atoms with van der Waals surface area (Å²) in [7, 11) is 0. The van der Waals surface area contributed by atoms with Crippen molar-refractivity contribution in [3.05, 3.63) is 0 Å². The summed E-state index contributed by atoms with van der Waals surface area (Å²) in [6.45, 7) is 0. The number of Topliss-reactive ketones (excluding diaryl/α,β-unsaturated/α-hetero) is 1. The molecule has 0 amide bonds. The quantitative estimate of drug-likeness (QED) is 0.598. The van der Waals surface area contributed by atoms with Crippen molar-refractivity contribution in [2.45, 2.75) is 56.1 Å². The molecule has 0 N–H and O–H groups in total. The van der Waals surface area contributed by atoms with Gasteiger partial charge in [-0.2, -0.15) is 26.3 Å². The fourth-order valence-corrected chi connectivity index (χ4v) is 1.30. The third-order valence-corrected chi connectivity index (χ3v) is 2.70. The molecule has 0 saturated carbocycles. The van der Waals surface area contributed by atoms with E-state index in [0.29, 0.717) is 0 Å². The minimum absolute atomic E-state index is 1.40. The maximum absolute atomic E-state index is 13.1. The van der Waals surface area contributed by atoms with Gasteiger partial charge in [0.2, 0.25) is 0 Å². The Labute approximate surface area is 116 Å². The topological polar surface area (TPSA) is 17.1 Å². The van der Waals surface area contributed by atoms with Crippen molar-refractivity contribution in [3.8, 4) is 0 Å². The summed E-state index contributed by atoms with van der Waals surface area (Å²) in [6, 6.07) is 0. The molecule has 0 aromatic heterocycles. The maximum atomic E-state index is 13.1. The normalized spacial score (nSPS) is 14.5. The lowest BCUT2D eigenvalue weighted by molar-refractivity contribution is -0.342. The van der Waals surface area contributed by atoms with Gasteiger partial charge in [-0.1, -0.05) is 0 Å². The first-order valence-corrected chi connectivity index (χ1v) is 5.54. The van der Waals surface area contributed by atoms with Gasteiger partial charge in [0, 0.05) is 25.7 Å². The summed E-state index contributed by atoms with van der Waals surface area (Å²) < 4.78 is 134. The Morgan fingerprint density at radius 1 is 0.727 bits per heavy atom. The molecular formula is C10H9F11O. The van der Waals surface area contributed by atoms with Crippen LogP contribution in [-0.4, -0.2) is 36.2 Å². The van der Waals surface area contributed by atoms with Crippen LogP contribution in [0.2, 0.25) is 0 Å². The molecule has 1 nitrogen and oxygen atoms in total. The van der Waals surface area contributed by atoms with Gasteiger partial charge in [0.15, 0.2) is 0 Å². The van der Waals surface area contributed by atoms with Gasteiger partial charge in [-0.25, -0.2) is 22.0 Å². The number of hydrogen-bond donors (Lipinski definition) is 0. The molecule has 0 heterocycles. The van der Waals surface area contributed by atoms with Gasteiger partial charge in [-0.05, 0) is 0 Å². The molecule has 0 aromatic carbocycles. The molecule has 12 heteroatoms. The first kappa shape index (κ1) is 20.9. The standard InChI is InChI=1S/C10H9F11O/c11-6(12)7(13,14)3-1-5(22)2-4-8(15,9(16,17)18)10(19,20)21/h6H,1-4H2. The number of carbonyl (C=O) groups is 1. The molecule has 0 fully saturated rings. The summed E-state index contributed by atoms with van der Waals surface area (Å²) in [6.07, 6.45) is -24.1. The Morgan fingerprint density at radius 2 is 1.09 bits per heavy atom. The fourth-order valence-electron chi connectivity index (χ4n) is 1.30. The van der Waals surface area contributed by atoms with Gasteiger partial charge in [-0.15, -0.1) is 0 Å². The highest BCUT2D eigenvalue weighted by Crippen LogP contribution is 2.49. The molecule has 0 radical (unpaired) electrons. The highest BCUT2D eigenvalue weighted by Gasteiger charge is 2.71. The SMILES string of the molecule is O=C(CCC(F)(F)C(F)F)CCC(F)(C(F)(F)F)C(F)(F)F. The molecule has 0 atom stereocenters. The first-order valence-electron chi connectivity index (χ1n) is 5.54. The van der Waals surface area contributed by atoms with Gasteiger partial charge < -0.3 is 0 Å². The lowest BCUT2D eigenvalue weighted by Crippen LogP contribution is -2.53. The van der Waals surface area contributed by atoms with E-state index < -0.39 is 61.8 Å². The molecule has 0 aliphatic carbocycles. The minimum Gasteiger partial charge on any atom is -0.300 e. The van der Waals surface area contributed by atoms with Crippen molar-refractivity contribution in [2.24, 2.45) is 0 Å². The zero-order valence-electron chi connectivity index (χ0n) is 10.5. The van der Waals surface area contributed by atoms with E-state index in [9.17, 15) is 53.1 Å². The average Bonchev–Trinajstić information content (AvgIpc) is 2.30. The third-order valence-electron chi connectivity index (χ3n) is 2.70. The van der Waals surface area contributed by atoms with Crippen molar-refractivity contribution < 1.29 is 53.1 Å². The van der Waals surface area contributed by atoms with Crippen LogP contribution in [0, 0.1) is 0 Å². The van der Waals surface area contributed by atoms with Crippen LogP contribution in [0.3, 0.4) is 0 Å². The Hall–Kier alpha value is -1.10. The molecule has 0 aromatic rings. The van der Waals surface area contributed by atoms with Crippen LogP contribution < -0.4 is 0 Å². The van der Waals surface area contributed by atoms with Crippen molar-refractivity contribution >= 4 is 5.78 Å². The molecule has 0 unspecified atom stereocenters. The highest BCUT2D eigenvalue weighted by atomic mass is 19.4. The summed E-state index contributed by atoms with van der Waals surface area (Å²) in [5.74, 6) is -6.23. The number of rotatable bonds is 7. The van der Waals surface area contributed by atoms with Crippen LogP contribution in [0.1, 0.15) is 25.7 Å². The van der Waals surface area contributed by atoms with Gasteiger partial charge in [0.25, 0.3) is 5.67 Å². The second-order valence-electron chi connectivity index (χ2n) is 4.40. The molecule has 0 aliphatic rings. The van der Waals surface area contributed by atoms with Gasteiger partial charge in [0.05, 0.1) is 0 Å². The van der Waals surface area contributed by atoms with Crippen LogP contribution in [0.4, 0.5) is 48.3 Å². The summed E-state index contributed by atoms with van der Waals surface area (Å²) in [4.78, 5) is 10.9. The van der Waals surface area contributed by atoms with E-state index in [2.05, 4.69) is 0 Å². The van der Waals surface area contributed by atoms with Gasteiger partial charge in [-0.3, -0.25) is 4.79 Å². The lowest BCUT2D eigenvalue weighted by Gasteiger charge is -2.29. The zero-order valence-corrected chi connectivity index (χ0v) is 10.5. The van der Waals surface area contributed by atoms with E-state index in [1.165, 1.54) is 0 Å². The molecular weight excluding hydrogens is 345 g/mol. The second kappa shape index (κ2) is 6.57. The number of halogens is 11. The Kier molecular flexibility index (Phi) is 6.24. The highest BCUT2D eigenvalue weighted by molar-refractivity contribution is 5.78. The number of hydrogen-bond acceptors (Lipinski definition) is 1. The Bertz CT molecular complexity index is 367. The maximum Gasteiger partial charge on any atom is 0.431 e. The zero-order chi connectivity index (χ0) is 18.0. The van der Waals surface area contributed by atoms with E-state index in [-0.39, 0.29) is 0 Å². The minimum atomic E-state index is -6.36. The van der Waals surface area contributed by atoms with E-state index in [4.69, 9.17) is 0 Å². The lowest BCUT2D eigenvalue weighted by atomic mass is 9.95. The van der Waals surface area contributed by atoms with E-state index >= 15 is 0 Å². The molecule has 0 saturated heterocycles. The Morgan fingerprint density at radius 3 is 1.41 bits per heavy atom. The van der Waals surface area contributed by atoms with E-state index in [0.717, 1.165) is 0 Å². The monoisotopic (exact) mass is 354 g/mol. The summed E-state index contributed by atoms with van der Waals surface area (Å²) in [5, 5.41) is 0. The first-order chi connectivity index (χ1) is 9.54. The molecule has 0 rings (SSSR count). The van der Waals surface area contributed by atoms with E-state index in [1.54, 1.807) is 0 Å². The smallest absolute Gasteiger partial charge is 0.300 e. The second-order valence-corrected chi connectivity index (χ2v) is 4.40. The molecule has 22 heavy (non-hydrogen) atoms. The van der Waals surface area contributed by atoms with Crippen LogP contribution >= 0.6 is 0 Å². The largest absolute Gasteiger partial charge is 0.431 e. The fraction of sp³-hybridized carbons (Fsp3) is 0.900.